The number of pyridine rings is 2. The molecule has 0 amide bonds. The molecule has 0 saturated carbocycles. The molecular weight excluding hydrogens is 484 g/mol. The van der Waals surface area contributed by atoms with Gasteiger partial charge in [-0.2, -0.15) is 0 Å². The number of nitrogens with zero attached hydrogens (tertiary/aromatic N) is 4. The number of rotatable bonds is 5. The van der Waals surface area contributed by atoms with Crippen LogP contribution in [0.3, 0.4) is 0 Å². The van der Waals surface area contributed by atoms with Gasteiger partial charge in [-0.3, -0.25) is 4.98 Å². The minimum atomic E-state index is -0.561. The van der Waals surface area contributed by atoms with Gasteiger partial charge in [0.2, 0.25) is 0 Å². The van der Waals surface area contributed by atoms with Crippen LogP contribution in [0.1, 0.15) is 0 Å². The molecule has 0 aliphatic heterocycles. The molecule has 5 nitrogen and oxygen atoms in total. The van der Waals surface area contributed by atoms with Gasteiger partial charge in [-0.15, -0.1) is 0 Å². The Morgan fingerprint density at radius 3 is 2.18 bits per heavy atom. The molecule has 0 saturated heterocycles. The number of hydrogen-bond donors (Lipinski definition) is 1. The second kappa shape index (κ2) is 9.72. The van der Waals surface area contributed by atoms with Crippen molar-refractivity contribution in [1.82, 2.24) is 19.5 Å². The first-order valence-electron chi connectivity index (χ1n) is 12.6. The molecule has 0 unspecified atom stereocenters. The Bertz CT molecular complexity index is 1760. The Labute approximate surface area is 223 Å². The normalized spacial score (nSPS) is 11.4. The molecule has 6 rings (SSSR count). The van der Waals surface area contributed by atoms with Crippen LogP contribution in [0.4, 0.5) is 0 Å². The molecule has 3 aromatic heterocycles. The lowest BCUT2D eigenvalue weighted by Crippen LogP contribution is -2.22. The van der Waals surface area contributed by atoms with Crippen molar-refractivity contribution in [3.05, 3.63) is 103 Å². The third-order valence-electron chi connectivity index (χ3n) is 6.89. The molecule has 0 bridgehead atoms. The summed E-state index contributed by atoms with van der Waals surface area (Å²) in [7, 11) is 1.37. The van der Waals surface area contributed by atoms with Crippen LogP contribution in [0.2, 0.25) is 13.1 Å². The van der Waals surface area contributed by atoms with E-state index in [2.05, 4.69) is 72.7 Å². The first kappa shape index (κ1) is 23.8. The summed E-state index contributed by atoms with van der Waals surface area (Å²) in [6.45, 7) is 4.56. The van der Waals surface area contributed by atoms with Gasteiger partial charge in [0, 0.05) is 30.6 Å². The van der Waals surface area contributed by atoms with Gasteiger partial charge in [0.05, 0.1) is 20.1 Å². The Morgan fingerprint density at radius 2 is 1.45 bits per heavy atom. The first-order chi connectivity index (χ1) is 18.5. The van der Waals surface area contributed by atoms with Crippen LogP contribution in [-0.2, 0) is 7.05 Å². The SMILES string of the molecule is Cn1c(-c2ccccc2O)nc2c(-c3cc(-c4ccccc4)cc(-c4ccc([Si](C)C)cn4)c3)ccnc21. The Morgan fingerprint density at radius 1 is 0.711 bits per heavy atom. The van der Waals surface area contributed by atoms with Gasteiger partial charge in [0.25, 0.3) is 0 Å². The highest BCUT2D eigenvalue weighted by molar-refractivity contribution is 6.70. The van der Waals surface area contributed by atoms with Gasteiger partial charge in [-0.1, -0.05) is 61.6 Å². The number of phenolic OH excluding ortho intramolecular Hbond substituents is 1. The number of hydrogen-bond acceptors (Lipinski definition) is 4. The van der Waals surface area contributed by atoms with E-state index in [1.54, 1.807) is 6.07 Å². The van der Waals surface area contributed by atoms with Gasteiger partial charge in [-0.05, 0) is 64.3 Å². The lowest BCUT2D eigenvalue weighted by molar-refractivity contribution is 0.476. The first-order valence-corrected chi connectivity index (χ1v) is 15.1. The van der Waals surface area contributed by atoms with Crippen LogP contribution < -0.4 is 5.19 Å². The fourth-order valence-corrected chi connectivity index (χ4v) is 5.54. The quantitative estimate of drug-likeness (QED) is 0.262. The fraction of sp³-hybridized carbons (Fsp3) is 0.0938. The second-order valence-electron chi connectivity index (χ2n) is 9.64. The van der Waals surface area contributed by atoms with Crippen LogP contribution >= 0.6 is 0 Å². The number of phenols is 1. The van der Waals surface area contributed by atoms with Crippen LogP contribution in [-0.4, -0.2) is 33.4 Å². The molecule has 3 heterocycles. The Kier molecular flexibility index (Phi) is 6.10. The number of aryl methyl sites for hydroxylation is 1. The van der Waals surface area contributed by atoms with E-state index in [1.807, 2.05) is 54.3 Å². The summed E-state index contributed by atoms with van der Waals surface area (Å²) in [5.74, 6) is 0.866. The van der Waals surface area contributed by atoms with Crippen LogP contribution in [0.5, 0.6) is 5.75 Å². The molecule has 0 fully saturated rings. The lowest BCUT2D eigenvalue weighted by atomic mass is 9.95. The molecule has 6 aromatic rings. The van der Waals surface area contributed by atoms with Crippen molar-refractivity contribution >= 4 is 25.1 Å². The number of aromatic nitrogens is 4. The summed E-state index contributed by atoms with van der Waals surface area (Å²) in [6, 6.07) is 30.6. The third-order valence-corrected chi connectivity index (χ3v) is 8.34. The monoisotopic (exact) mass is 511 g/mol. The zero-order valence-corrected chi connectivity index (χ0v) is 22.6. The molecule has 0 aliphatic rings. The van der Waals surface area contributed by atoms with E-state index in [-0.39, 0.29) is 5.75 Å². The number of imidazole rings is 1. The Hall–Kier alpha value is -4.55. The predicted octanol–water partition coefficient (Wildman–Crippen LogP) is 6.70. The van der Waals surface area contributed by atoms with Crippen LogP contribution in [0, 0.1) is 0 Å². The number of benzene rings is 3. The highest BCUT2D eigenvalue weighted by atomic mass is 28.3. The topological polar surface area (TPSA) is 63.8 Å². The van der Waals surface area contributed by atoms with Crippen molar-refractivity contribution in [3.8, 4) is 50.6 Å². The minimum Gasteiger partial charge on any atom is -0.507 e. The standard InChI is InChI=1S/C32H27N4OSi/c1-36-31(27-11-7-8-12-29(27)37)35-30-26(15-16-33-32(30)36)23-17-22(21-9-5-4-6-10-21)18-24(19-23)28-14-13-25(20-34-28)38(2)3/h4-20,37H,1-3H3. The van der Waals surface area contributed by atoms with E-state index in [4.69, 9.17) is 9.97 Å². The maximum absolute atomic E-state index is 10.5. The van der Waals surface area contributed by atoms with Crippen molar-refractivity contribution in [3.63, 3.8) is 0 Å². The van der Waals surface area contributed by atoms with Gasteiger partial charge in [0.1, 0.15) is 17.1 Å². The maximum Gasteiger partial charge on any atom is 0.160 e. The molecule has 6 heteroatoms. The van der Waals surface area contributed by atoms with E-state index in [0.717, 1.165) is 44.7 Å². The highest BCUT2D eigenvalue weighted by Crippen LogP contribution is 2.37. The van der Waals surface area contributed by atoms with Crippen LogP contribution in [0.25, 0.3) is 56.1 Å². The summed E-state index contributed by atoms with van der Waals surface area (Å²) >= 11 is 0. The summed E-state index contributed by atoms with van der Waals surface area (Å²) in [5.41, 5.74) is 8.49. The van der Waals surface area contributed by atoms with Gasteiger partial charge >= 0.3 is 0 Å². The summed E-state index contributed by atoms with van der Waals surface area (Å²) < 4.78 is 1.94. The largest absolute Gasteiger partial charge is 0.507 e. The van der Waals surface area contributed by atoms with Crippen molar-refractivity contribution in [1.29, 1.82) is 0 Å². The van der Waals surface area contributed by atoms with Gasteiger partial charge in [0.15, 0.2) is 5.65 Å². The number of para-hydroxylation sites is 1. The van der Waals surface area contributed by atoms with E-state index < -0.39 is 8.80 Å². The van der Waals surface area contributed by atoms with Crippen molar-refractivity contribution in [2.45, 2.75) is 13.1 Å². The number of fused-ring (bicyclic) bond motifs is 1. The molecule has 3 aromatic carbocycles. The molecule has 0 atom stereocenters. The Balaban J connectivity index is 1.56. The summed E-state index contributed by atoms with van der Waals surface area (Å²) in [5, 5.41) is 11.8. The second-order valence-corrected chi connectivity index (χ2v) is 12.2. The van der Waals surface area contributed by atoms with E-state index in [1.165, 1.54) is 5.19 Å². The van der Waals surface area contributed by atoms with E-state index in [0.29, 0.717) is 11.4 Å². The predicted molar refractivity (Wildman–Crippen MR) is 157 cm³/mol. The fourth-order valence-electron chi connectivity index (χ4n) is 4.81. The maximum atomic E-state index is 10.5. The zero-order valence-electron chi connectivity index (χ0n) is 21.6. The van der Waals surface area contributed by atoms with Crippen molar-refractivity contribution in [2.75, 3.05) is 0 Å². The van der Waals surface area contributed by atoms with Crippen molar-refractivity contribution < 1.29 is 5.11 Å². The van der Waals surface area contributed by atoms with Crippen LogP contribution in [0.15, 0.2) is 103 Å². The highest BCUT2D eigenvalue weighted by Gasteiger charge is 2.18. The van der Waals surface area contributed by atoms with E-state index in [9.17, 15) is 5.11 Å². The molecular formula is C32H27N4OSi. The minimum absolute atomic E-state index is 0.194. The summed E-state index contributed by atoms with van der Waals surface area (Å²) in [4.78, 5) is 14.5. The zero-order chi connectivity index (χ0) is 26.2. The third kappa shape index (κ3) is 4.29. The van der Waals surface area contributed by atoms with E-state index >= 15 is 0 Å². The molecule has 0 spiro atoms. The molecule has 1 N–H and O–H groups in total. The van der Waals surface area contributed by atoms with Gasteiger partial charge < -0.3 is 9.67 Å². The molecule has 185 valence electrons. The summed E-state index contributed by atoms with van der Waals surface area (Å²) in [6.07, 6.45) is 3.84. The molecule has 0 aliphatic carbocycles. The molecule has 1 radical (unpaired) electrons. The van der Waals surface area contributed by atoms with Crippen molar-refractivity contribution in [2.24, 2.45) is 7.05 Å². The average molecular weight is 512 g/mol. The number of aromatic hydroxyl groups is 1. The average Bonchev–Trinajstić information content (AvgIpc) is 3.29. The smallest absolute Gasteiger partial charge is 0.160 e. The molecule has 38 heavy (non-hydrogen) atoms. The lowest BCUT2D eigenvalue weighted by Gasteiger charge is -2.12. The van der Waals surface area contributed by atoms with Gasteiger partial charge in [-0.25, -0.2) is 9.97 Å².